The standard InChI is InChI=1S/C21H31N7O15P2/c22-17-12-19(25-6-24-17)28(7-26-12)21-16(33)14(31)10(42-21)5-40-45(37,38)43-44(35,36)39-4-9-13(30)15(32)20(41-9)27-3-8(18(23)34)1-2-11(27)29/h3,6-7,9-11,13-16,20-21,29-33H,1-2,4-5H2,(H2,23,34)(H,35,36)(H,37,38)(H2,22,24,25)/p-2/t9-,10-,11+,13-,14-,15-,16-,20-,21-/m1/s1. The third-order valence-electron chi connectivity index (χ3n) is 7.26. The molecule has 45 heavy (non-hydrogen) atoms. The number of amides is 1. The maximum absolute atomic E-state index is 12.3. The summed E-state index contributed by atoms with van der Waals surface area (Å²) in [5, 5.41) is 51.9. The highest BCUT2D eigenvalue weighted by atomic mass is 31.3. The molecule has 2 aromatic heterocycles. The fraction of sp³-hybridized carbons (Fsp3) is 0.619. The molecule has 11 atom stereocenters. The van der Waals surface area contributed by atoms with Crippen molar-refractivity contribution < 1.29 is 72.1 Å². The number of hydrogen-bond donors (Lipinski definition) is 7. The lowest BCUT2D eigenvalue weighted by atomic mass is 10.0. The van der Waals surface area contributed by atoms with Crippen LogP contribution >= 0.6 is 15.6 Å². The van der Waals surface area contributed by atoms with Gasteiger partial charge in [0.1, 0.15) is 54.7 Å². The predicted octanol–water partition coefficient (Wildman–Crippen LogP) is -4.76. The quantitative estimate of drug-likeness (QED) is 0.109. The molecular formula is C21H29N7O15P2-2. The van der Waals surface area contributed by atoms with E-state index in [2.05, 4.69) is 28.3 Å². The molecular weight excluding hydrogens is 652 g/mol. The van der Waals surface area contributed by atoms with E-state index < -0.39 is 90.1 Å². The fourth-order valence-electron chi connectivity index (χ4n) is 4.96. The van der Waals surface area contributed by atoms with Crippen LogP contribution in [0.2, 0.25) is 0 Å². The number of fused-ring (bicyclic) bond motifs is 1. The van der Waals surface area contributed by atoms with E-state index in [-0.39, 0.29) is 35.4 Å². The number of phosphoric ester groups is 2. The van der Waals surface area contributed by atoms with Gasteiger partial charge in [0.2, 0.25) is 5.91 Å². The maximum Gasteiger partial charge on any atom is 0.274 e. The normalized spacial score (nSPS) is 34.9. The second-order valence-corrected chi connectivity index (χ2v) is 13.2. The summed E-state index contributed by atoms with van der Waals surface area (Å²) in [7, 11) is -11.4. The van der Waals surface area contributed by atoms with Gasteiger partial charge in [-0.1, -0.05) is 0 Å². The van der Waals surface area contributed by atoms with Gasteiger partial charge < -0.3 is 70.2 Å². The van der Waals surface area contributed by atoms with Crippen LogP contribution in [0, 0.1) is 0 Å². The van der Waals surface area contributed by atoms with Crippen LogP contribution in [0.4, 0.5) is 5.82 Å². The first kappa shape index (κ1) is 33.7. The molecule has 22 nitrogen and oxygen atoms in total. The Hall–Kier alpha value is -2.66. The Balaban J connectivity index is 1.15. The summed E-state index contributed by atoms with van der Waals surface area (Å²) in [6.45, 7) is -2.05. The van der Waals surface area contributed by atoms with Gasteiger partial charge in [-0.15, -0.1) is 0 Å². The van der Waals surface area contributed by atoms with Gasteiger partial charge >= 0.3 is 0 Å². The van der Waals surface area contributed by atoms with Crippen molar-refractivity contribution in [2.45, 2.75) is 68.1 Å². The summed E-state index contributed by atoms with van der Waals surface area (Å²) < 4.78 is 49.8. The molecule has 0 aromatic carbocycles. The number of primary amides is 1. The summed E-state index contributed by atoms with van der Waals surface area (Å²) in [6, 6.07) is 0. The number of hydrogen-bond acceptors (Lipinski definition) is 20. The van der Waals surface area contributed by atoms with Gasteiger partial charge in [0.15, 0.2) is 23.9 Å². The highest BCUT2D eigenvalue weighted by Crippen LogP contribution is 2.56. The first-order valence-electron chi connectivity index (χ1n) is 13.1. The summed E-state index contributed by atoms with van der Waals surface area (Å²) in [6.07, 6.45) is -10.3. The van der Waals surface area contributed by atoms with Crippen molar-refractivity contribution in [3.8, 4) is 0 Å². The van der Waals surface area contributed by atoms with Crippen LogP contribution in [0.5, 0.6) is 0 Å². The number of anilines is 1. The highest BCUT2D eigenvalue weighted by molar-refractivity contribution is 7.59. The monoisotopic (exact) mass is 681 g/mol. The fourth-order valence-corrected chi connectivity index (χ4v) is 6.98. The van der Waals surface area contributed by atoms with Gasteiger partial charge in [-0.25, -0.2) is 19.3 Å². The number of carbonyl (C=O) groups excluding carboxylic acids is 1. The van der Waals surface area contributed by atoms with Crippen LogP contribution < -0.4 is 21.3 Å². The molecule has 5 heterocycles. The molecule has 2 saturated heterocycles. The van der Waals surface area contributed by atoms with E-state index in [0.29, 0.717) is 0 Å². The number of rotatable bonds is 11. The van der Waals surface area contributed by atoms with Gasteiger partial charge in [-0.05, 0) is 12.8 Å². The Morgan fingerprint density at radius 2 is 1.53 bits per heavy atom. The third kappa shape index (κ3) is 7.04. The minimum Gasteiger partial charge on any atom is -0.756 e. The molecule has 0 bridgehead atoms. The Labute approximate surface area is 252 Å². The van der Waals surface area contributed by atoms with Crippen molar-refractivity contribution >= 4 is 38.5 Å². The lowest BCUT2D eigenvalue weighted by molar-refractivity contribution is -0.247. The lowest BCUT2D eigenvalue weighted by Crippen LogP contribution is -2.48. The van der Waals surface area contributed by atoms with Crippen LogP contribution in [-0.4, -0.2) is 118 Å². The number of nitrogens with two attached hydrogens (primary N) is 2. The predicted molar refractivity (Wildman–Crippen MR) is 139 cm³/mol. The van der Waals surface area contributed by atoms with Crippen LogP contribution in [0.3, 0.4) is 0 Å². The maximum atomic E-state index is 12.3. The van der Waals surface area contributed by atoms with Crippen molar-refractivity contribution in [2.75, 3.05) is 18.9 Å². The molecule has 2 aromatic rings. The second kappa shape index (κ2) is 12.9. The van der Waals surface area contributed by atoms with E-state index in [1.165, 1.54) is 10.9 Å². The van der Waals surface area contributed by atoms with Crippen molar-refractivity contribution in [3.63, 3.8) is 0 Å². The first-order chi connectivity index (χ1) is 21.1. The number of aromatic nitrogens is 4. The van der Waals surface area contributed by atoms with Crippen molar-refractivity contribution in [1.82, 2.24) is 24.4 Å². The van der Waals surface area contributed by atoms with Gasteiger partial charge in [-0.2, -0.15) is 0 Å². The Bertz CT molecular complexity index is 1550. The molecule has 250 valence electrons. The van der Waals surface area contributed by atoms with Crippen molar-refractivity contribution in [2.24, 2.45) is 5.73 Å². The van der Waals surface area contributed by atoms with E-state index in [4.69, 9.17) is 20.9 Å². The molecule has 3 aliphatic heterocycles. The van der Waals surface area contributed by atoms with Crippen molar-refractivity contribution in [3.05, 3.63) is 24.4 Å². The summed E-state index contributed by atoms with van der Waals surface area (Å²) in [5.41, 5.74) is 11.4. The van der Waals surface area contributed by atoms with Crippen LogP contribution in [0.15, 0.2) is 24.4 Å². The molecule has 0 radical (unpaired) electrons. The van der Waals surface area contributed by atoms with Gasteiger partial charge in [0.05, 0.1) is 19.5 Å². The number of phosphoric acid groups is 2. The molecule has 1 amide bonds. The number of carbonyl (C=O) groups is 1. The third-order valence-corrected chi connectivity index (χ3v) is 9.79. The molecule has 0 aliphatic carbocycles. The average molecular weight is 681 g/mol. The van der Waals surface area contributed by atoms with Crippen LogP contribution in [0.1, 0.15) is 19.1 Å². The molecule has 2 fully saturated rings. The van der Waals surface area contributed by atoms with Crippen molar-refractivity contribution in [1.29, 1.82) is 0 Å². The first-order valence-corrected chi connectivity index (χ1v) is 16.1. The second-order valence-electron chi connectivity index (χ2n) is 10.2. The zero-order chi connectivity index (χ0) is 32.8. The van der Waals surface area contributed by atoms with E-state index in [0.717, 1.165) is 17.4 Å². The minimum atomic E-state index is -5.72. The smallest absolute Gasteiger partial charge is 0.274 e. The molecule has 5 rings (SSSR count). The molecule has 24 heteroatoms. The average Bonchev–Trinajstić information content (AvgIpc) is 3.61. The minimum absolute atomic E-state index is 0.0297. The summed E-state index contributed by atoms with van der Waals surface area (Å²) in [5.74, 6) is -0.756. The molecule has 2 unspecified atom stereocenters. The number of ether oxygens (including phenoxy) is 2. The zero-order valence-electron chi connectivity index (χ0n) is 22.9. The van der Waals surface area contributed by atoms with Gasteiger partial charge in [0.25, 0.3) is 15.6 Å². The number of nitrogen functional groups attached to an aromatic ring is 1. The van der Waals surface area contributed by atoms with Gasteiger partial charge in [-0.3, -0.25) is 18.5 Å². The number of nitrogens with zero attached hydrogens (tertiary/aromatic N) is 5. The summed E-state index contributed by atoms with van der Waals surface area (Å²) >= 11 is 0. The Kier molecular flexibility index (Phi) is 9.63. The lowest BCUT2D eigenvalue weighted by Gasteiger charge is -2.36. The van der Waals surface area contributed by atoms with E-state index in [1.807, 2.05) is 0 Å². The highest BCUT2D eigenvalue weighted by Gasteiger charge is 2.48. The molecule has 0 saturated carbocycles. The Morgan fingerprint density at radius 3 is 2.13 bits per heavy atom. The zero-order valence-corrected chi connectivity index (χ0v) is 24.6. The largest absolute Gasteiger partial charge is 0.756 e. The molecule has 9 N–H and O–H groups in total. The van der Waals surface area contributed by atoms with E-state index in [1.54, 1.807) is 0 Å². The number of imidazole rings is 1. The Morgan fingerprint density at radius 1 is 0.956 bits per heavy atom. The summed E-state index contributed by atoms with van der Waals surface area (Å²) in [4.78, 5) is 48.9. The van der Waals surface area contributed by atoms with E-state index >= 15 is 0 Å². The van der Waals surface area contributed by atoms with Gasteiger partial charge in [0, 0.05) is 11.8 Å². The SMILES string of the molecule is NC(=O)C1=CN([C@@H]2O[C@H](COP(=O)([O-])OP(=O)([O-])OC[C@H]3O[C@@H](n4cnc5c(N)ncnc54)[C@H](O)[C@@H]3O)[C@@H](O)[C@H]2O)[C@@H](O)CC1. The molecule has 3 aliphatic rings. The number of aliphatic hydroxyl groups is 5. The molecule has 0 spiro atoms. The topological polar surface area (TPSA) is 344 Å². The van der Waals surface area contributed by atoms with E-state index in [9.17, 15) is 49.2 Å². The van der Waals surface area contributed by atoms with Crippen LogP contribution in [0.25, 0.3) is 11.2 Å². The number of aliphatic hydroxyl groups excluding tert-OH is 5. The van der Waals surface area contributed by atoms with Crippen LogP contribution in [-0.2, 0) is 36.8 Å².